The molecule has 0 bridgehead atoms. The maximum Gasteiger partial charge on any atom is 0.343 e. The highest BCUT2D eigenvalue weighted by Crippen LogP contribution is 2.28. The summed E-state index contributed by atoms with van der Waals surface area (Å²) >= 11 is 6.51. The lowest BCUT2D eigenvalue weighted by atomic mass is 10.1. The Kier molecular flexibility index (Phi) is 7.53. The topological polar surface area (TPSA) is 35.5 Å². The van der Waals surface area contributed by atoms with Crippen LogP contribution in [0.1, 0.15) is 10.4 Å². The molecule has 3 aromatic rings. The monoisotopic (exact) mass is 694 g/mol. The van der Waals surface area contributed by atoms with E-state index in [-0.39, 0.29) is 0 Å². The van der Waals surface area contributed by atoms with Crippen LogP contribution in [0.2, 0.25) is 0 Å². The molecule has 0 N–H and O–H groups in total. The maximum absolute atomic E-state index is 12.3. The van der Waals surface area contributed by atoms with E-state index >= 15 is 0 Å². The first-order chi connectivity index (χ1) is 13.0. The smallest absolute Gasteiger partial charge is 0.343 e. The molecule has 0 aliphatic heterocycles. The quantitative estimate of drug-likeness (QED) is 0.121. The molecule has 0 aliphatic carbocycles. The van der Waals surface area contributed by atoms with Crippen molar-refractivity contribution in [3.05, 3.63) is 89.8 Å². The second kappa shape index (κ2) is 9.87. The number of rotatable bonds is 5. The van der Waals surface area contributed by atoms with Gasteiger partial charge in [0.1, 0.15) is 13.1 Å². The van der Waals surface area contributed by atoms with Crippen molar-refractivity contribution >= 4 is 73.7 Å². The summed E-state index contributed by atoms with van der Waals surface area (Å²) in [6.45, 7) is 0. The van der Waals surface area contributed by atoms with Crippen LogP contribution in [0.25, 0.3) is 11.1 Å². The molecule has 3 aromatic carbocycles. The zero-order valence-electron chi connectivity index (χ0n) is 13.9. The number of ether oxygens (including phenoxy) is 2. The lowest BCUT2D eigenvalue weighted by Crippen LogP contribution is -2.08. The van der Waals surface area contributed by atoms with E-state index in [1.54, 1.807) is 36.4 Å². The van der Waals surface area contributed by atoms with Crippen LogP contribution < -0.4 is 9.47 Å². The van der Waals surface area contributed by atoms with Gasteiger partial charge in [0.2, 0.25) is 0 Å². The van der Waals surface area contributed by atoms with E-state index in [0.717, 1.165) is 16.5 Å². The molecule has 0 amide bonds. The number of carbonyl (C=O) groups is 1. The van der Waals surface area contributed by atoms with Gasteiger partial charge in [-0.25, -0.2) is 4.79 Å². The number of carbonyl (C=O) groups excluding carboxylic acids is 1. The van der Waals surface area contributed by atoms with Gasteiger partial charge in [-0.05, 0) is 92.7 Å². The Labute approximate surface area is 198 Å². The van der Waals surface area contributed by atoms with Gasteiger partial charge in [-0.1, -0.05) is 42.5 Å². The average molecular weight is 694 g/mol. The Hall–Kier alpha value is -1.14. The van der Waals surface area contributed by atoms with Crippen LogP contribution in [0, 0.1) is 0 Å². The minimum Gasteiger partial charge on any atom is -0.449 e. The fourth-order valence-corrected chi connectivity index (χ4v) is 2.79. The lowest BCUT2D eigenvalue weighted by molar-refractivity contribution is 0.0735. The Morgan fingerprint density at radius 2 is 1.15 bits per heavy atom. The second-order valence-corrected chi connectivity index (χ2v) is 10.6. The Bertz CT molecular complexity index is 946. The maximum atomic E-state index is 12.3. The molecule has 0 saturated carbocycles. The number of hydrogen-bond donors (Lipinski definition) is 0. The average Bonchev–Trinajstić information content (AvgIpc) is 2.69. The minimum absolute atomic E-state index is 0.400. The molecule has 0 unspecified atom stereocenters. The zero-order valence-corrected chi connectivity index (χ0v) is 20.3. The van der Waals surface area contributed by atoms with Crippen molar-refractivity contribution in [1.82, 2.24) is 0 Å². The highest BCUT2D eigenvalue weighted by atomic mass is 127. The third-order valence-corrected chi connectivity index (χ3v) is 7.42. The van der Waals surface area contributed by atoms with Crippen LogP contribution >= 0.6 is 67.8 Å². The van der Waals surface area contributed by atoms with Crippen molar-refractivity contribution in [3.8, 4) is 22.6 Å². The number of halogens is 3. The van der Waals surface area contributed by atoms with E-state index in [9.17, 15) is 4.79 Å². The molecule has 6 heteroatoms. The summed E-state index contributed by atoms with van der Waals surface area (Å²) in [6, 6.07) is 24.4. The van der Waals surface area contributed by atoms with Crippen molar-refractivity contribution in [2.45, 2.75) is 0 Å². The summed E-state index contributed by atoms with van der Waals surface area (Å²) in [7, 11) is 0. The minimum atomic E-state index is -0.400. The third kappa shape index (κ3) is 5.92. The van der Waals surface area contributed by atoms with Gasteiger partial charge < -0.3 is 9.47 Å². The van der Waals surface area contributed by atoms with Crippen molar-refractivity contribution in [3.63, 3.8) is 0 Å². The summed E-state index contributed by atoms with van der Waals surface area (Å²) in [4.78, 5) is 12.3. The molecule has 3 rings (SSSR count). The van der Waals surface area contributed by atoms with Crippen LogP contribution in [0.5, 0.6) is 11.5 Å². The number of benzene rings is 3. The van der Waals surface area contributed by atoms with Gasteiger partial charge in [-0.15, -0.1) is 0 Å². The Morgan fingerprint density at radius 1 is 0.630 bits per heavy atom. The first-order valence-electron chi connectivity index (χ1n) is 7.89. The summed E-state index contributed by atoms with van der Waals surface area (Å²) in [5.74, 6) is 0.786. The predicted molar refractivity (Wildman–Crippen MR) is 133 cm³/mol. The van der Waals surface area contributed by atoms with Crippen molar-refractivity contribution < 1.29 is 14.3 Å². The number of hydrogen-bond acceptors (Lipinski definition) is 3. The SMILES string of the molecule is O=C(Oc1ccc(-c2ccccc2)cc1)c1ccc(OC(I)=C(I)I)cc1. The van der Waals surface area contributed by atoms with Gasteiger partial charge in [-0.2, -0.15) is 0 Å². The Morgan fingerprint density at radius 3 is 1.74 bits per heavy atom. The summed E-state index contributed by atoms with van der Waals surface area (Å²) in [5, 5.41) is 0. The van der Waals surface area contributed by atoms with Gasteiger partial charge in [-0.3, -0.25) is 0 Å². The molecule has 0 saturated heterocycles. The first kappa shape index (κ1) is 20.6. The van der Waals surface area contributed by atoms with Gasteiger partial charge >= 0.3 is 5.97 Å². The van der Waals surface area contributed by atoms with Gasteiger partial charge in [0.25, 0.3) is 0 Å². The van der Waals surface area contributed by atoms with Crippen LogP contribution in [-0.4, -0.2) is 5.97 Å². The molecular weight excluding hydrogens is 681 g/mol. The normalized spacial score (nSPS) is 10.2. The summed E-state index contributed by atoms with van der Waals surface area (Å²) in [6.07, 6.45) is 0. The first-order valence-corrected chi connectivity index (χ1v) is 11.1. The van der Waals surface area contributed by atoms with Crippen molar-refractivity contribution in [2.24, 2.45) is 0 Å². The van der Waals surface area contributed by atoms with E-state index in [0.29, 0.717) is 17.1 Å². The van der Waals surface area contributed by atoms with Crippen LogP contribution in [-0.2, 0) is 0 Å². The second-order valence-electron chi connectivity index (χ2n) is 5.44. The van der Waals surface area contributed by atoms with Crippen LogP contribution in [0.4, 0.5) is 0 Å². The molecule has 0 aromatic heterocycles. The molecule has 0 atom stereocenters. The predicted octanol–water partition coefficient (Wildman–Crippen LogP) is 7.38. The highest BCUT2D eigenvalue weighted by molar-refractivity contribution is 14.2. The van der Waals surface area contributed by atoms with Crippen molar-refractivity contribution in [1.29, 1.82) is 0 Å². The van der Waals surface area contributed by atoms with Crippen LogP contribution in [0.15, 0.2) is 84.2 Å². The van der Waals surface area contributed by atoms with Crippen LogP contribution in [0.3, 0.4) is 0 Å². The molecule has 0 aliphatic rings. The van der Waals surface area contributed by atoms with Gasteiger partial charge in [0.15, 0.2) is 3.77 Å². The summed E-state index contributed by atoms with van der Waals surface area (Å²) < 4.78 is 13.0. The summed E-state index contributed by atoms with van der Waals surface area (Å²) in [5.41, 5.74) is 2.66. The van der Waals surface area contributed by atoms with E-state index in [1.165, 1.54) is 0 Å². The largest absolute Gasteiger partial charge is 0.449 e. The van der Waals surface area contributed by atoms with E-state index in [4.69, 9.17) is 9.47 Å². The van der Waals surface area contributed by atoms with E-state index in [2.05, 4.69) is 67.8 Å². The van der Waals surface area contributed by atoms with Gasteiger partial charge in [0.05, 0.1) is 5.56 Å². The third-order valence-electron chi connectivity index (χ3n) is 3.62. The molecule has 0 radical (unpaired) electrons. The molecular formula is C21H13I3O3. The molecule has 27 heavy (non-hydrogen) atoms. The highest BCUT2D eigenvalue weighted by Gasteiger charge is 2.10. The standard InChI is InChI=1S/C21H13I3O3/c22-19(23)20(24)26-17-12-8-16(9-13-17)21(25)27-18-10-6-15(7-11-18)14-4-2-1-3-5-14/h1-13H. The fraction of sp³-hybridized carbons (Fsp3) is 0. The van der Waals surface area contributed by atoms with E-state index < -0.39 is 5.97 Å². The molecule has 0 heterocycles. The van der Waals surface area contributed by atoms with Crippen molar-refractivity contribution in [2.75, 3.05) is 0 Å². The molecule has 0 spiro atoms. The molecule has 3 nitrogen and oxygen atoms in total. The van der Waals surface area contributed by atoms with Gasteiger partial charge in [0, 0.05) is 22.6 Å². The fourth-order valence-electron chi connectivity index (χ4n) is 2.31. The molecule has 0 fully saturated rings. The Balaban J connectivity index is 1.66. The lowest BCUT2D eigenvalue weighted by Gasteiger charge is -2.08. The molecule has 136 valence electrons. The number of esters is 1. The zero-order chi connectivity index (χ0) is 19.2. The van der Waals surface area contributed by atoms with E-state index in [1.807, 2.05) is 42.5 Å².